The molecule has 6 heteroatoms. The lowest BCUT2D eigenvalue weighted by atomic mass is 9.97. The second-order valence-corrected chi connectivity index (χ2v) is 6.77. The Morgan fingerprint density at radius 2 is 1.65 bits per heavy atom. The van der Waals surface area contributed by atoms with Gasteiger partial charge in [0.2, 0.25) is 0 Å². The molecule has 0 bridgehead atoms. The van der Waals surface area contributed by atoms with E-state index < -0.39 is 0 Å². The first kappa shape index (κ1) is 17.3. The van der Waals surface area contributed by atoms with Crippen molar-refractivity contribution >= 4 is 16.7 Å². The van der Waals surface area contributed by atoms with Crippen LogP contribution in [0, 0.1) is 0 Å². The number of carbonyl (C=O) groups excluding carboxylic acids is 1. The van der Waals surface area contributed by atoms with Crippen molar-refractivity contribution in [3.8, 4) is 5.75 Å². The molecular formula is C20H24N2O4. The van der Waals surface area contributed by atoms with Gasteiger partial charge < -0.3 is 19.5 Å². The summed E-state index contributed by atoms with van der Waals surface area (Å²) < 4.78 is 10.8. The molecule has 1 amide bonds. The molecule has 2 saturated heterocycles. The highest BCUT2D eigenvalue weighted by Crippen LogP contribution is 2.33. The first-order chi connectivity index (χ1) is 12.7. The lowest BCUT2D eigenvalue weighted by Gasteiger charge is -2.29. The first-order valence-electron chi connectivity index (χ1n) is 9.15. The normalized spacial score (nSPS) is 19.0. The Kier molecular flexibility index (Phi) is 5.06. The molecule has 0 aromatic heterocycles. The molecule has 0 saturated carbocycles. The predicted molar refractivity (Wildman–Crippen MR) is 98.4 cm³/mol. The first-order valence-corrected chi connectivity index (χ1v) is 9.15. The molecule has 2 heterocycles. The van der Waals surface area contributed by atoms with Crippen LogP contribution in [-0.2, 0) is 16.0 Å². The number of carbonyl (C=O) groups is 1. The van der Waals surface area contributed by atoms with Crippen LogP contribution in [0.4, 0.5) is 0 Å². The number of hydrogen-bond donors (Lipinski definition) is 1. The third-order valence-corrected chi connectivity index (χ3v) is 5.14. The van der Waals surface area contributed by atoms with E-state index in [4.69, 9.17) is 9.47 Å². The number of ether oxygens (including phenoxy) is 2. The van der Waals surface area contributed by atoms with E-state index in [9.17, 15) is 9.90 Å². The van der Waals surface area contributed by atoms with Gasteiger partial charge in [-0.15, -0.1) is 0 Å². The summed E-state index contributed by atoms with van der Waals surface area (Å²) in [4.78, 5) is 17.0. The van der Waals surface area contributed by atoms with E-state index in [2.05, 4.69) is 4.90 Å². The summed E-state index contributed by atoms with van der Waals surface area (Å²) in [6.45, 7) is 5.87. The van der Waals surface area contributed by atoms with Gasteiger partial charge in [0.05, 0.1) is 32.0 Å². The monoisotopic (exact) mass is 356 g/mol. The van der Waals surface area contributed by atoms with Crippen LogP contribution in [-0.4, -0.2) is 73.4 Å². The number of morpholine rings is 2. The van der Waals surface area contributed by atoms with Gasteiger partial charge in [-0.2, -0.15) is 0 Å². The maximum atomic E-state index is 13.0. The smallest absolute Gasteiger partial charge is 0.257 e. The number of hydrogen-bond acceptors (Lipinski definition) is 5. The third-order valence-electron chi connectivity index (χ3n) is 5.14. The van der Waals surface area contributed by atoms with Crippen molar-refractivity contribution in [1.82, 2.24) is 9.80 Å². The number of phenols is 1. The van der Waals surface area contributed by atoms with Gasteiger partial charge in [-0.05, 0) is 16.8 Å². The zero-order valence-electron chi connectivity index (χ0n) is 14.8. The van der Waals surface area contributed by atoms with Crippen LogP contribution in [0.25, 0.3) is 10.8 Å². The molecule has 4 rings (SSSR count). The molecule has 2 aromatic rings. The zero-order chi connectivity index (χ0) is 17.9. The Morgan fingerprint density at radius 3 is 2.38 bits per heavy atom. The number of rotatable bonds is 3. The van der Waals surface area contributed by atoms with E-state index in [1.54, 1.807) is 4.90 Å². The second-order valence-electron chi connectivity index (χ2n) is 6.77. The summed E-state index contributed by atoms with van der Waals surface area (Å²) >= 11 is 0. The van der Waals surface area contributed by atoms with Crippen molar-refractivity contribution in [2.24, 2.45) is 0 Å². The largest absolute Gasteiger partial charge is 0.507 e. The number of benzene rings is 2. The van der Waals surface area contributed by atoms with Gasteiger partial charge in [0, 0.05) is 38.3 Å². The summed E-state index contributed by atoms with van der Waals surface area (Å²) in [6.07, 6.45) is 0. The minimum Gasteiger partial charge on any atom is -0.507 e. The van der Waals surface area contributed by atoms with Gasteiger partial charge in [0.25, 0.3) is 5.91 Å². The number of fused-ring (bicyclic) bond motifs is 1. The van der Waals surface area contributed by atoms with Crippen LogP contribution < -0.4 is 0 Å². The lowest BCUT2D eigenvalue weighted by molar-refractivity contribution is 0.0298. The Labute approximate surface area is 152 Å². The van der Waals surface area contributed by atoms with Crippen LogP contribution in [0.15, 0.2) is 30.3 Å². The molecule has 0 spiro atoms. The maximum absolute atomic E-state index is 13.0. The molecule has 2 aliphatic rings. The number of aromatic hydroxyl groups is 1. The fourth-order valence-electron chi connectivity index (χ4n) is 3.65. The molecule has 0 radical (unpaired) electrons. The van der Waals surface area contributed by atoms with Crippen molar-refractivity contribution < 1.29 is 19.4 Å². The van der Waals surface area contributed by atoms with Gasteiger partial charge >= 0.3 is 0 Å². The molecular weight excluding hydrogens is 332 g/mol. The van der Waals surface area contributed by atoms with Crippen molar-refractivity contribution in [2.75, 3.05) is 52.6 Å². The van der Waals surface area contributed by atoms with Crippen molar-refractivity contribution in [3.05, 3.63) is 41.5 Å². The molecule has 138 valence electrons. The molecule has 26 heavy (non-hydrogen) atoms. The molecule has 0 atom stereocenters. The van der Waals surface area contributed by atoms with Crippen LogP contribution in [0.2, 0.25) is 0 Å². The average molecular weight is 356 g/mol. The van der Waals surface area contributed by atoms with E-state index in [0.29, 0.717) is 51.6 Å². The zero-order valence-corrected chi connectivity index (χ0v) is 14.8. The predicted octanol–water partition coefficient (Wildman–Crippen LogP) is 1.85. The molecule has 0 unspecified atom stereocenters. The Morgan fingerprint density at radius 1 is 1.00 bits per heavy atom. The van der Waals surface area contributed by atoms with E-state index in [1.807, 2.05) is 30.3 Å². The Balaban J connectivity index is 1.73. The molecule has 1 N–H and O–H groups in total. The van der Waals surface area contributed by atoms with Crippen LogP contribution in [0.5, 0.6) is 5.75 Å². The van der Waals surface area contributed by atoms with Gasteiger partial charge in [0.1, 0.15) is 5.75 Å². The van der Waals surface area contributed by atoms with E-state index in [-0.39, 0.29) is 11.7 Å². The van der Waals surface area contributed by atoms with E-state index in [0.717, 1.165) is 29.4 Å². The molecule has 2 aliphatic heterocycles. The quantitative estimate of drug-likeness (QED) is 0.909. The molecule has 2 fully saturated rings. The van der Waals surface area contributed by atoms with Crippen LogP contribution in [0.3, 0.4) is 0 Å². The number of nitrogens with zero attached hydrogens (tertiary/aromatic N) is 2. The maximum Gasteiger partial charge on any atom is 0.257 e. The minimum absolute atomic E-state index is 0.103. The summed E-state index contributed by atoms with van der Waals surface area (Å²) in [5.41, 5.74) is 1.20. The lowest BCUT2D eigenvalue weighted by Crippen LogP contribution is -2.40. The average Bonchev–Trinajstić information content (AvgIpc) is 2.71. The summed E-state index contributed by atoms with van der Waals surface area (Å²) in [6, 6.07) is 9.74. The number of amides is 1. The third kappa shape index (κ3) is 3.40. The van der Waals surface area contributed by atoms with Crippen molar-refractivity contribution in [3.63, 3.8) is 0 Å². The Bertz CT molecular complexity index is 796. The Hall–Kier alpha value is -2.15. The second kappa shape index (κ2) is 7.61. The standard InChI is InChI=1S/C20H24N2O4/c23-19-17(20(24)22-7-11-26-12-8-22)13-15-3-1-2-4-16(15)18(19)14-21-5-9-25-10-6-21/h1-4,13,23H,5-12,14H2. The van der Waals surface area contributed by atoms with Gasteiger partial charge in [-0.1, -0.05) is 24.3 Å². The van der Waals surface area contributed by atoms with Crippen molar-refractivity contribution in [1.29, 1.82) is 0 Å². The topological polar surface area (TPSA) is 62.2 Å². The number of phenolic OH excluding ortho intramolecular Hbond substituents is 1. The summed E-state index contributed by atoms with van der Waals surface area (Å²) in [5.74, 6) is -0.0218. The SMILES string of the molecule is O=C(c1cc2ccccc2c(CN2CCOCC2)c1O)N1CCOCC1. The molecule has 6 nitrogen and oxygen atoms in total. The van der Waals surface area contributed by atoms with Crippen LogP contribution in [0.1, 0.15) is 15.9 Å². The van der Waals surface area contributed by atoms with E-state index >= 15 is 0 Å². The van der Waals surface area contributed by atoms with Gasteiger partial charge in [-0.3, -0.25) is 9.69 Å². The minimum atomic E-state index is -0.125. The highest BCUT2D eigenvalue weighted by atomic mass is 16.5. The highest BCUT2D eigenvalue weighted by Gasteiger charge is 2.25. The molecule has 2 aromatic carbocycles. The fraction of sp³-hybridized carbons (Fsp3) is 0.450. The van der Waals surface area contributed by atoms with Gasteiger partial charge in [-0.25, -0.2) is 0 Å². The highest BCUT2D eigenvalue weighted by molar-refractivity contribution is 6.03. The van der Waals surface area contributed by atoms with E-state index in [1.165, 1.54) is 0 Å². The fourth-order valence-corrected chi connectivity index (χ4v) is 3.65. The molecule has 0 aliphatic carbocycles. The summed E-state index contributed by atoms with van der Waals surface area (Å²) in [7, 11) is 0. The van der Waals surface area contributed by atoms with Gasteiger partial charge in [0.15, 0.2) is 0 Å². The van der Waals surface area contributed by atoms with Crippen LogP contribution >= 0.6 is 0 Å². The summed E-state index contributed by atoms with van der Waals surface area (Å²) in [5, 5.41) is 13.0. The van der Waals surface area contributed by atoms with Crippen molar-refractivity contribution in [2.45, 2.75) is 6.54 Å².